The number of halogens is 1. The molecule has 0 bridgehead atoms. The number of hydrogen-bond acceptors (Lipinski definition) is 4. The molecule has 0 saturated heterocycles. The van der Waals surface area contributed by atoms with Crippen LogP contribution in [0.2, 0.25) is 0 Å². The summed E-state index contributed by atoms with van der Waals surface area (Å²) in [6.07, 6.45) is 2.23. The van der Waals surface area contributed by atoms with Crippen molar-refractivity contribution in [2.75, 3.05) is 13.7 Å². The minimum atomic E-state index is -0.594. The standard InChI is InChI=1S/C26H35BrN2O4/c1-6-18(4)28-26(31)23(8-3)29(16-20-9-12-21(32-5)13-10-20)25(30)17-33-24-14-11-19(7-2)15-22(24)27/h9-15,18,23H,6-8,16-17H2,1-5H3,(H,28,31)/t18-,23-/m0/s1. The molecule has 7 heteroatoms. The molecule has 0 fully saturated rings. The molecule has 0 radical (unpaired) electrons. The molecule has 0 spiro atoms. The number of carbonyl (C=O) groups excluding carboxylic acids is 2. The van der Waals surface area contributed by atoms with Gasteiger partial charge in [-0.15, -0.1) is 0 Å². The largest absolute Gasteiger partial charge is 0.497 e. The number of methoxy groups -OCH3 is 1. The van der Waals surface area contributed by atoms with E-state index in [-0.39, 0.29) is 24.5 Å². The lowest BCUT2D eigenvalue weighted by Gasteiger charge is -2.31. The second kappa shape index (κ2) is 13.2. The number of ether oxygens (including phenoxy) is 2. The summed E-state index contributed by atoms with van der Waals surface area (Å²) in [5.74, 6) is 0.939. The Bertz CT molecular complexity index is 917. The van der Waals surface area contributed by atoms with E-state index in [0.29, 0.717) is 18.7 Å². The van der Waals surface area contributed by atoms with Crippen LogP contribution in [0.5, 0.6) is 11.5 Å². The number of benzene rings is 2. The molecule has 6 nitrogen and oxygen atoms in total. The maximum atomic E-state index is 13.3. The molecule has 0 aliphatic carbocycles. The third-order valence-electron chi connectivity index (χ3n) is 5.65. The van der Waals surface area contributed by atoms with Crippen molar-refractivity contribution in [2.45, 2.75) is 65.6 Å². The predicted octanol–water partition coefficient (Wildman–Crippen LogP) is 5.12. The third-order valence-corrected chi connectivity index (χ3v) is 6.27. The SMILES string of the molecule is CCc1ccc(OCC(=O)N(Cc2ccc(OC)cc2)[C@@H](CC)C(=O)N[C@@H](C)CC)c(Br)c1. The second-order valence-corrected chi connectivity index (χ2v) is 8.87. The average Bonchev–Trinajstić information content (AvgIpc) is 2.83. The Hall–Kier alpha value is -2.54. The summed E-state index contributed by atoms with van der Waals surface area (Å²) in [7, 11) is 1.61. The number of carbonyl (C=O) groups is 2. The number of nitrogens with zero attached hydrogens (tertiary/aromatic N) is 1. The molecule has 33 heavy (non-hydrogen) atoms. The van der Waals surface area contributed by atoms with E-state index in [9.17, 15) is 9.59 Å². The van der Waals surface area contributed by atoms with Crippen LogP contribution in [-0.2, 0) is 22.6 Å². The molecule has 0 saturated carbocycles. The van der Waals surface area contributed by atoms with Gasteiger partial charge in [0.15, 0.2) is 6.61 Å². The van der Waals surface area contributed by atoms with E-state index in [1.165, 1.54) is 5.56 Å². The molecule has 0 aromatic heterocycles. The molecule has 1 N–H and O–H groups in total. The van der Waals surface area contributed by atoms with Gasteiger partial charge in [-0.25, -0.2) is 0 Å². The van der Waals surface area contributed by atoms with Crippen molar-refractivity contribution in [3.8, 4) is 11.5 Å². The second-order valence-electron chi connectivity index (χ2n) is 8.02. The van der Waals surface area contributed by atoms with Crippen LogP contribution in [-0.4, -0.2) is 42.5 Å². The maximum Gasteiger partial charge on any atom is 0.261 e. The zero-order chi connectivity index (χ0) is 24.4. The smallest absolute Gasteiger partial charge is 0.261 e. The van der Waals surface area contributed by atoms with E-state index in [1.807, 2.05) is 63.2 Å². The van der Waals surface area contributed by atoms with Crippen LogP contribution in [0.3, 0.4) is 0 Å². The van der Waals surface area contributed by atoms with Crippen molar-refractivity contribution in [2.24, 2.45) is 0 Å². The molecule has 2 rings (SSSR count). The van der Waals surface area contributed by atoms with Crippen LogP contribution in [0.15, 0.2) is 46.9 Å². The number of amides is 2. The fourth-order valence-corrected chi connectivity index (χ4v) is 3.93. The first-order valence-corrected chi connectivity index (χ1v) is 12.3. The van der Waals surface area contributed by atoms with E-state index in [0.717, 1.165) is 28.6 Å². The van der Waals surface area contributed by atoms with Gasteiger partial charge < -0.3 is 19.7 Å². The Morgan fingerprint density at radius 1 is 1.03 bits per heavy atom. The van der Waals surface area contributed by atoms with Gasteiger partial charge in [0.25, 0.3) is 5.91 Å². The lowest BCUT2D eigenvalue weighted by molar-refractivity contribution is -0.143. The van der Waals surface area contributed by atoms with Gasteiger partial charge in [0.2, 0.25) is 5.91 Å². The van der Waals surface area contributed by atoms with Crippen molar-refractivity contribution in [1.29, 1.82) is 0 Å². The Kier molecular flexibility index (Phi) is 10.7. The van der Waals surface area contributed by atoms with Crippen LogP contribution >= 0.6 is 15.9 Å². The monoisotopic (exact) mass is 518 g/mol. The summed E-state index contributed by atoms with van der Waals surface area (Å²) in [5.41, 5.74) is 2.09. The van der Waals surface area contributed by atoms with Gasteiger partial charge in [-0.05, 0) is 77.5 Å². The number of rotatable bonds is 12. The van der Waals surface area contributed by atoms with Gasteiger partial charge in [-0.3, -0.25) is 9.59 Å². The van der Waals surface area contributed by atoms with Crippen LogP contribution in [0.4, 0.5) is 0 Å². The number of nitrogens with one attached hydrogen (secondary N) is 1. The third kappa shape index (κ3) is 7.77. The minimum Gasteiger partial charge on any atom is -0.497 e. The summed E-state index contributed by atoms with van der Waals surface area (Å²) in [5, 5.41) is 3.01. The molecule has 180 valence electrons. The Labute approximate surface area is 205 Å². The summed E-state index contributed by atoms with van der Waals surface area (Å²) in [6, 6.07) is 12.8. The van der Waals surface area contributed by atoms with E-state index in [2.05, 4.69) is 28.2 Å². The van der Waals surface area contributed by atoms with E-state index in [4.69, 9.17) is 9.47 Å². The zero-order valence-electron chi connectivity index (χ0n) is 20.2. The number of hydrogen-bond donors (Lipinski definition) is 1. The highest BCUT2D eigenvalue weighted by Crippen LogP contribution is 2.26. The normalized spacial score (nSPS) is 12.5. The molecule has 0 aliphatic heterocycles. The van der Waals surface area contributed by atoms with E-state index >= 15 is 0 Å². The van der Waals surface area contributed by atoms with Crippen LogP contribution in [0, 0.1) is 0 Å². The molecule has 2 aromatic rings. The van der Waals surface area contributed by atoms with Gasteiger partial charge in [0.1, 0.15) is 17.5 Å². The van der Waals surface area contributed by atoms with Gasteiger partial charge in [0, 0.05) is 12.6 Å². The Morgan fingerprint density at radius 2 is 1.70 bits per heavy atom. The van der Waals surface area contributed by atoms with Gasteiger partial charge in [0.05, 0.1) is 11.6 Å². The molecular weight excluding hydrogens is 484 g/mol. The first kappa shape index (κ1) is 26.7. The Balaban J connectivity index is 2.23. The van der Waals surface area contributed by atoms with Gasteiger partial charge in [-0.2, -0.15) is 0 Å². The fraction of sp³-hybridized carbons (Fsp3) is 0.462. The van der Waals surface area contributed by atoms with Crippen molar-refractivity contribution >= 4 is 27.7 Å². The number of aryl methyl sites for hydroxylation is 1. The summed E-state index contributed by atoms with van der Waals surface area (Å²) < 4.78 is 11.9. The maximum absolute atomic E-state index is 13.3. The summed E-state index contributed by atoms with van der Waals surface area (Å²) >= 11 is 3.52. The van der Waals surface area contributed by atoms with Crippen LogP contribution in [0.25, 0.3) is 0 Å². The highest BCUT2D eigenvalue weighted by atomic mass is 79.9. The summed E-state index contributed by atoms with van der Waals surface area (Å²) in [6.45, 7) is 8.11. The highest BCUT2D eigenvalue weighted by Gasteiger charge is 2.29. The quantitative estimate of drug-likeness (QED) is 0.423. The van der Waals surface area contributed by atoms with Crippen molar-refractivity contribution in [3.05, 3.63) is 58.1 Å². The molecule has 2 aromatic carbocycles. The van der Waals surface area contributed by atoms with E-state index < -0.39 is 6.04 Å². The van der Waals surface area contributed by atoms with Crippen LogP contribution < -0.4 is 14.8 Å². The fourth-order valence-electron chi connectivity index (χ4n) is 3.39. The summed E-state index contributed by atoms with van der Waals surface area (Å²) in [4.78, 5) is 27.9. The van der Waals surface area contributed by atoms with Gasteiger partial charge >= 0.3 is 0 Å². The van der Waals surface area contributed by atoms with Crippen LogP contribution in [0.1, 0.15) is 51.7 Å². The first-order chi connectivity index (χ1) is 15.8. The zero-order valence-corrected chi connectivity index (χ0v) is 21.8. The lowest BCUT2D eigenvalue weighted by atomic mass is 10.1. The molecule has 0 aliphatic rings. The minimum absolute atomic E-state index is 0.0359. The van der Waals surface area contributed by atoms with Crippen molar-refractivity contribution in [1.82, 2.24) is 10.2 Å². The molecule has 2 amide bonds. The average molecular weight is 519 g/mol. The van der Waals surface area contributed by atoms with Crippen molar-refractivity contribution in [3.63, 3.8) is 0 Å². The van der Waals surface area contributed by atoms with Gasteiger partial charge in [-0.1, -0.05) is 39.0 Å². The first-order valence-electron chi connectivity index (χ1n) is 11.5. The predicted molar refractivity (Wildman–Crippen MR) is 135 cm³/mol. The molecule has 0 unspecified atom stereocenters. The Morgan fingerprint density at radius 3 is 2.24 bits per heavy atom. The molecule has 0 heterocycles. The highest BCUT2D eigenvalue weighted by molar-refractivity contribution is 9.10. The van der Waals surface area contributed by atoms with E-state index in [1.54, 1.807) is 12.0 Å². The molecular formula is C26H35BrN2O4. The topological polar surface area (TPSA) is 67.9 Å². The van der Waals surface area contributed by atoms with Crippen molar-refractivity contribution < 1.29 is 19.1 Å². The lowest BCUT2D eigenvalue weighted by Crippen LogP contribution is -2.51. The molecule has 2 atom stereocenters.